The molecule has 0 bridgehead atoms. The van der Waals surface area contributed by atoms with E-state index in [-0.39, 0.29) is 6.04 Å². The minimum atomic E-state index is -4.19. The van der Waals surface area contributed by atoms with Crippen molar-refractivity contribution in [2.75, 3.05) is 11.1 Å². The number of benzene rings is 1. The molecule has 0 spiro atoms. The molecule has 1 aromatic carbocycles. The summed E-state index contributed by atoms with van der Waals surface area (Å²) in [5.74, 6) is -0.928. The Morgan fingerprint density at radius 1 is 1.26 bits per heavy atom. The zero-order chi connectivity index (χ0) is 14.7. The molecule has 0 amide bonds. The van der Waals surface area contributed by atoms with Crippen LogP contribution in [0, 0.1) is 0 Å². The molecule has 0 aliphatic rings. The van der Waals surface area contributed by atoms with Crippen LogP contribution >= 0.6 is 11.8 Å². The van der Waals surface area contributed by atoms with Crippen molar-refractivity contribution in [1.29, 1.82) is 0 Å². The molecule has 2 nitrogen and oxygen atoms in total. The highest BCUT2D eigenvalue weighted by Crippen LogP contribution is 2.32. The van der Waals surface area contributed by atoms with Crippen LogP contribution in [0.1, 0.15) is 20.8 Å². The van der Waals surface area contributed by atoms with Gasteiger partial charge >= 0.3 is 6.18 Å². The molecule has 1 aromatic rings. The van der Waals surface area contributed by atoms with Crippen LogP contribution in [-0.4, -0.2) is 28.7 Å². The van der Waals surface area contributed by atoms with Crippen molar-refractivity contribution < 1.29 is 18.3 Å². The molecule has 1 atom stereocenters. The third-order valence-corrected chi connectivity index (χ3v) is 3.85. The highest BCUT2D eigenvalue weighted by Gasteiger charge is 2.28. The van der Waals surface area contributed by atoms with E-state index in [4.69, 9.17) is 0 Å². The SMILES string of the molecule is CC(Nc1ccccc1SCC(F)(F)F)C(C)(C)O. The molecule has 0 heterocycles. The fraction of sp³-hybridized carbons (Fsp3) is 0.538. The predicted octanol–water partition coefficient (Wildman–Crippen LogP) is 3.91. The third kappa shape index (κ3) is 5.74. The quantitative estimate of drug-likeness (QED) is 0.807. The molecular formula is C13H18F3NOS. The van der Waals surface area contributed by atoms with Crippen molar-refractivity contribution in [3.8, 4) is 0 Å². The molecule has 108 valence electrons. The minimum absolute atomic E-state index is 0.278. The first kappa shape index (κ1) is 16.2. The Kier molecular flexibility index (Phi) is 5.15. The highest BCUT2D eigenvalue weighted by atomic mass is 32.2. The fourth-order valence-corrected chi connectivity index (χ4v) is 2.06. The maximum atomic E-state index is 12.2. The van der Waals surface area contributed by atoms with Gasteiger partial charge in [0.1, 0.15) is 0 Å². The van der Waals surface area contributed by atoms with E-state index in [1.54, 1.807) is 45.0 Å². The molecule has 6 heteroatoms. The van der Waals surface area contributed by atoms with Gasteiger partial charge in [-0.1, -0.05) is 12.1 Å². The number of hydrogen-bond donors (Lipinski definition) is 2. The van der Waals surface area contributed by atoms with Gasteiger partial charge in [0.2, 0.25) is 0 Å². The monoisotopic (exact) mass is 293 g/mol. The molecule has 0 saturated carbocycles. The van der Waals surface area contributed by atoms with E-state index in [9.17, 15) is 18.3 Å². The number of para-hydroxylation sites is 1. The zero-order valence-electron chi connectivity index (χ0n) is 11.1. The first-order chi connectivity index (χ1) is 8.59. The van der Waals surface area contributed by atoms with E-state index in [1.807, 2.05) is 0 Å². The van der Waals surface area contributed by atoms with Gasteiger partial charge in [-0.15, -0.1) is 11.8 Å². The summed E-state index contributed by atoms with van der Waals surface area (Å²) in [6.07, 6.45) is -4.19. The molecule has 19 heavy (non-hydrogen) atoms. The summed E-state index contributed by atoms with van der Waals surface area (Å²) in [4.78, 5) is 0.524. The second-order valence-electron chi connectivity index (χ2n) is 4.92. The van der Waals surface area contributed by atoms with E-state index < -0.39 is 17.5 Å². The Morgan fingerprint density at radius 2 is 1.84 bits per heavy atom. The summed E-state index contributed by atoms with van der Waals surface area (Å²) >= 11 is 0.737. The van der Waals surface area contributed by atoms with Crippen LogP contribution in [0.15, 0.2) is 29.2 Å². The van der Waals surface area contributed by atoms with Gasteiger partial charge in [0, 0.05) is 10.6 Å². The smallest absolute Gasteiger partial charge is 0.388 e. The molecule has 1 rings (SSSR count). The minimum Gasteiger partial charge on any atom is -0.388 e. The van der Waals surface area contributed by atoms with Crippen molar-refractivity contribution in [2.45, 2.75) is 43.5 Å². The summed E-state index contributed by atoms with van der Waals surface area (Å²) in [5.41, 5.74) is -0.353. The van der Waals surface area contributed by atoms with Gasteiger partial charge in [0.15, 0.2) is 0 Å². The van der Waals surface area contributed by atoms with Crippen molar-refractivity contribution in [1.82, 2.24) is 0 Å². The Hall–Kier alpha value is -0.880. The lowest BCUT2D eigenvalue weighted by molar-refractivity contribution is -0.105. The summed E-state index contributed by atoms with van der Waals surface area (Å²) in [5, 5.41) is 12.9. The maximum absolute atomic E-state index is 12.2. The van der Waals surface area contributed by atoms with Crippen molar-refractivity contribution >= 4 is 17.4 Å². The maximum Gasteiger partial charge on any atom is 0.398 e. The number of anilines is 1. The molecule has 0 radical (unpaired) electrons. The van der Waals surface area contributed by atoms with Crippen LogP contribution in [-0.2, 0) is 0 Å². The van der Waals surface area contributed by atoms with Crippen LogP contribution in [0.4, 0.5) is 18.9 Å². The number of nitrogens with one attached hydrogen (secondary N) is 1. The first-order valence-corrected chi connectivity index (χ1v) is 6.85. The molecule has 0 aliphatic carbocycles. The van der Waals surface area contributed by atoms with Crippen LogP contribution in [0.3, 0.4) is 0 Å². The third-order valence-electron chi connectivity index (χ3n) is 2.71. The number of aliphatic hydroxyl groups is 1. The lowest BCUT2D eigenvalue weighted by Crippen LogP contribution is -2.39. The molecule has 0 aliphatic heterocycles. The van der Waals surface area contributed by atoms with E-state index in [1.165, 1.54) is 0 Å². The molecular weight excluding hydrogens is 275 g/mol. The standard InChI is InChI=1S/C13H18F3NOS/c1-9(12(2,3)18)17-10-6-4-5-7-11(10)19-8-13(14,15)16/h4-7,9,17-18H,8H2,1-3H3. The van der Waals surface area contributed by atoms with E-state index >= 15 is 0 Å². The number of thioether (sulfide) groups is 1. The van der Waals surface area contributed by atoms with Gasteiger partial charge in [-0.25, -0.2) is 0 Å². The summed E-state index contributed by atoms with van der Waals surface area (Å²) in [6.45, 7) is 5.08. The number of alkyl halides is 3. The second-order valence-corrected chi connectivity index (χ2v) is 5.94. The van der Waals surface area contributed by atoms with Crippen LogP contribution in [0.2, 0.25) is 0 Å². The number of halogens is 3. The number of rotatable bonds is 5. The summed E-state index contributed by atoms with van der Waals surface area (Å²) < 4.78 is 36.7. The highest BCUT2D eigenvalue weighted by molar-refractivity contribution is 7.99. The molecule has 0 saturated heterocycles. The average molecular weight is 293 g/mol. The van der Waals surface area contributed by atoms with Gasteiger partial charge < -0.3 is 10.4 Å². The zero-order valence-corrected chi connectivity index (χ0v) is 11.9. The van der Waals surface area contributed by atoms with Crippen molar-refractivity contribution in [2.24, 2.45) is 0 Å². The van der Waals surface area contributed by atoms with Crippen LogP contribution < -0.4 is 5.32 Å². The van der Waals surface area contributed by atoms with Gasteiger partial charge in [-0.05, 0) is 32.9 Å². The Morgan fingerprint density at radius 3 is 2.37 bits per heavy atom. The molecule has 2 N–H and O–H groups in total. The largest absolute Gasteiger partial charge is 0.398 e. The molecule has 0 aromatic heterocycles. The first-order valence-electron chi connectivity index (χ1n) is 5.87. The van der Waals surface area contributed by atoms with Crippen molar-refractivity contribution in [3.05, 3.63) is 24.3 Å². The lowest BCUT2D eigenvalue weighted by atomic mass is 10.0. The summed E-state index contributed by atoms with van der Waals surface area (Å²) in [6, 6.07) is 6.51. The van der Waals surface area contributed by atoms with Crippen LogP contribution in [0.25, 0.3) is 0 Å². The Balaban J connectivity index is 2.79. The Labute approximate surface area is 115 Å². The predicted molar refractivity (Wildman–Crippen MR) is 72.6 cm³/mol. The van der Waals surface area contributed by atoms with Crippen molar-refractivity contribution in [3.63, 3.8) is 0 Å². The molecule has 1 unspecified atom stereocenters. The summed E-state index contributed by atoms with van der Waals surface area (Å²) in [7, 11) is 0. The van der Waals surface area contributed by atoms with Gasteiger partial charge in [-0.3, -0.25) is 0 Å². The Bertz CT molecular complexity index is 415. The topological polar surface area (TPSA) is 32.3 Å². The van der Waals surface area contributed by atoms with Crippen LogP contribution in [0.5, 0.6) is 0 Å². The average Bonchev–Trinajstić information content (AvgIpc) is 2.25. The van der Waals surface area contributed by atoms with Gasteiger partial charge in [-0.2, -0.15) is 13.2 Å². The normalized spacial score (nSPS) is 14.3. The van der Waals surface area contributed by atoms with Gasteiger partial charge in [0.25, 0.3) is 0 Å². The second kappa shape index (κ2) is 6.05. The lowest BCUT2D eigenvalue weighted by Gasteiger charge is -2.28. The molecule has 0 fully saturated rings. The van der Waals surface area contributed by atoms with E-state index in [2.05, 4.69) is 5.32 Å². The van der Waals surface area contributed by atoms with E-state index in [0.717, 1.165) is 11.8 Å². The van der Waals surface area contributed by atoms with Gasteiger partial charge in [0.05, 0.1) is 17.4 Å². The number of hydrogen-bond acceptors (Lipinski definition) is 3. The fourth-order valence-electron chi connectivity index (χ4n) is 1.28. The van der Waals surface area contributed by atoms with E-state index in [0.29, 0.717) is 10.6 Å².